The Bertz CT molecular complexity index is 520. The maximum atomic E-state index is 12.2. The van der Waals surface area contributed by atoms with Crippen LogP contribution in [0.15, 0.2) is 24.3 Å². The molecule has 2 rings (SSSR count). The molecule has 1 unspecified atom stereocenters. The van der Waals surface area contributed by atoms with Gasteiger partial charge in [-0.3, -0.25) is 4.79 Å². The number of hydrogen-bond donors (Lipinski definition) is 2. The zero-order valence-corrected chi connectivity index (χ0v) is 12.4. The van der Waals surface area contributed by atoms with Gasteiger partial charge in [0.25, 0.3) is 0 Å². The van der Waals surface area contributed by atoms with Gasteiger partial charge in [-0.05, 0) is 43.4 Å². The highest BCUT2D eigenvalue weighted by molar-refractivity contribution is 5.88. The second-order valence-corrected chi connectivity index (χ2v) is 5.68. The SMILES string of the molecule is COc1ccc(CC(C)C(=O)NC2(C(=O)O)CCC2)cc1. The lowest BCUT2D eigenvalue weighted by atomic mass is 9.76. The number of hydrogen-bond acceptors (Lipinski definition) is 3. The lowest BCUT2D eigenvalue weighted by molar-refractivity contribution is -0.152. The van der Waals surface area contributed by atoms with E-state index in [1.54, 1.807) is 7.11 Å². The highest BCUT2D eigenvalue weighted by Gasteiger charge is 2.46. The third-order valence-corrected chi connectivity index (χ3v) is 4.13. The molecule has 21 heavy (non-hydrogen) atoms. The Morgan fingerprint density at radius 2 is 1.95 bits per heavy atom. The van der Waals surface area contributed by atoms with E-state index in [0.29, 0.717) is 19.3 Å². The molecule has 1 aliphatic carbocycles. The summed E-state index contributed by atoms with van der Waals surface area (Å²) < 4.78 is 5.09. The summed E-state index contributed by atoms with van der Waals surface area (Å²) in [7, 11) is 1.61. The van der Waals surface area contributed by atoms with Crippen molar-refractivity contribution in [2.24, 2.45) is 5.92 Å². The Morgan fingerprint density at radius 3 is 2.38 bits per heavy atom. The van der Waals surface area contributed by atoms with Crippen LogP contribution in [0.3, 0.4) is 0 Å². The van der Waals surface area contributed by atoms with Gasteiger partial charge in [0.05, 0.1) is 7.11 Å². The summed E-state index contributed by atoms with van der Waals surface area (Å²) in [5, 5.41) is 11.9. The number of methoxy groups -OCH3 is 1. The topological polar surface area (TPSA) is 75.6 Å². The van der Waals surface area contributed by atoms with E-state index in [2.05, 4.69) is 5.32 Å². The van der Waals surface area contributed by atoms with Gasteiger partial charge < -0.3 is 15.2 Å². The highest BCUT2D eigenvalue weighted by Crippen LogP contribution is 2.32. The molecule has 0 spiro atoms. The summed E-state index contributed by atoms with van der Waals surface area (Å²) >= 11 is 0. The van der Waals surface area contributed by atoms with Crippen LogP contribution in [0.4, 0.5) is 0 Å². The van der Waals surface area contributed by atoms with Crippen molar-refractivity contribution in [1.29, 1.82) is 0 Å². The van der Waals surface area contributed by atoms with Crippen LogP contribution in [0.1, 0.15) is 31.7 Å². The van der Waals surface area contributed by atoms with Gasteiger partial charge in [-0.2, -0.15) is 0 Å². The highest BCUT2D eigenvalue weighted by atomic mass is 16.5. The van der Waals surface area contributed by atoms with Crippen molar-refractivity contribution >= 4 is 11.9 Å². The minimum absolute atomic E-state index is 0.201. The third kappa shape index (κ3) is 3.35. The summed E-state index contributed by atoms with van der Waals surface area (Å²) in [6.45, 7) is 1.81. The van der Waals surface area contributed by atoms with E-state index in [1.165, 1.54) is 0 Å². The quantitative estimate of drug-likeness (QED) is 0.840. The number of carboxylic acids is 1. The molecule has 1 saturated carbocycles. The van der Waals surface area contributed by atoms with E-state index in [0.717, 1.165) is 17.7 Å². The van der Waals surface area contributed by atoms with Crippen molar-refractivity contribution in [2.45, 2.75) is 38.1 Å². The van der Waals surface area contributed by atoms with Crippen LogP contribution >= 0.6 is 0 Å². The van der Waals surface area contributed by atoms with E-state index in [4.69, 9.17) is 4.74 Å². The third-order valence-electron chi connectivity index (χ3n) is 4.13. The van der Waals surface area contributed by atoms with Crippen molar-refractivity contribution in [3.05, 3.63) is 29.8 Å². The standard InChI is InChI=1S/C16H21NO4/c1-11(10-12-4-6-13(21-2)7-5-12)14(18)17-16(15(19)20)8-3-9-16/h4-7,11H,3,8-10H2,1-2H3,(H,17,18)(H,19,20). The molecule has 0 saturated heterocycles. The van der Waals surface area contributed by atoms with E-state index >= 15 is 0 Å². The first-order chi connectivity index (χ1) is 9.97. The molecule has 2 N–H and O–H groups in total. The number of ether oxygens (including phenoxy) is 1. The fourth-order valence-electron chi connectivity index (χ4n) is 2.49. The average molecular weight is 291 g/mol. The van der Waals surface area contributed by atoms with Crippen molar-refractivity contribution in [3.8, 4) is 5.75 Å². The van der Waals surface area contributed by atoms with Crippen LogP contribution in [0.5, 0.6) is 5.75 Å². The number of benzene rings is 1. The molecule has 0 heterocycles. The van der Waals surface area contributed by atoms with Crippen LogP contribution in [0, 0.1) is 5.92 Å². The summed E-state index contributed by atoms with van der Waals surface area (Å²) in [6, 6.07) is 7.53. The van der Waals surface area contributed by atoms with E-state index in [1.807, 2.05) is 31.2 Å². The Hall–Kier alpha value is -2.04. The van der Waals surface area contributed by atoms with Crippen LogP contribution < -0.4 is 10.1 Å². The molecule has 5 nitrogen and oxygen atoms in total. The fraction of sp³-hybridized carbons (Fsp3) is 0.500. The van der Waals surface area contributed by atoms with Crippen LogP contribution in [0.25, 0.3) is 0 Å². The molecule has 114 valence electrons. The molecule has 0 aromatic heterocycles. The number of aliphatic carboxylic acids is 1. The number of carbonyl (C=O) groups is 2. The summed E-state index contributed by atoms with van der Waals surface area (Å²) in [6.07, 6.45) is 2.46. The molecule has 1 atom stereocenters. The van der Waals surface area contributed by atoms with Gasteiger partial charge in [0.15, 0.2) is 0 Å². The van der Waals surface area contributed by atoms with E-state index < -0.39 is 11.5 Å². The van der Waals surface area contributed by atoms with Gasteiger partial charge in [0.2, 0.25) is 5.91 Å². The molecule has 0 bridgehead atoms. The van der Waals surface area contributed by atoms with Crippen molar-refractivity contribution in [3.63, 3.8) is 0 Å². The maximum Gasteiger partial charge on any atom is 0.329 e. The molecular formula is C16H21NO4. The van der Waals surface area contributed by atoms with Crippen LogP contribution in [0.2, 0.25) is 0 Å². The Morgan fingerprint density at radius 1 is 1.33 bits per heavy atom. The van der Waals surface area contributed by atoms with Gasteiger partial charge in [-0.15, -0.1) is 0 Å². The minimum atomic E-state index is -1.04. The monoisotopic (exact) mass is 291 g/mol. The van der Waals surface area contributed by atoms with Gasteiger partial charge in [0, 0.05) is 5.92 Å². The molecule has 1 amide bonds. The first-order valence-electron chi connectivity index (χ1n) is 7.15. The Kier molecular flexibility index (Phi) is 4.50. The molecule has 0 aliphatic heterocycles. The molecular weight excluding hydrogens is 270 g/mol. The summed E-state index contributed by atoms with van der Waals surface area (Å²) in [5.74, 6) is -0.628. The van der Waals surface area contributed by atoms with E-state index in [-0.39, 0.29) is 11.8 Å². The molecule has 1 fully saturated rings. The van der Waals surface area contributed by atoms with Crippen molar-refractivity contribution in [1.82, 2.24) is 5.32 Å². The van der Waals surface area contributed by atoms with Crippen LogP contribution in [-0.4, -0.2) is 29.6 Å². The maximum absolute atomic E-state index is 12.2. The van der Waals surface area contributed by atoms with Gasteiger partial charge in [-0.1, -0.05) is 19.1 Å². The molecule has 1 aliphatic rings. The van der Waals surface area contributed by atoms with Gasteiger partial charge >= 0.3 is 5.97 Å². The summed E-state index contributed by atoms with van der Waals surface area (Å²) in [4.78, 5) is 23.4. The van der Waals surface area contributed by atoms with Gasteiger partial charge in [0.1, 0.15) is 11.3 Å². The lowest BCUT2D eigenvalue weighted by Gasteiger charge is -2.38. The largest absolute Gasteiger partial charge is 0.497 e. The first kappa shape index (κ1) is 15.4. The van der Waals surface area contributed by atoms with Crippen molar-refractivity contribution in [2.75, 3.05) is 7.11 Å². The second kappa shape index (κ2) is 6.16. The molecule has 1 aromatic carbocycles. The normalized spacial score (nSPS) is 17.4. The predicted molar refractivity (Wildman–Crippen MR) is 78.2 cm³/mol. The van der Waals surface area contributed by atoms with Gasteiger partial charge in [-0.25, -0.2) is 4.79 Å². The second-order valence-electron chi connectivity index (χ2n) is 5.68. The summed E-state index contributed by atoms with van der Waals surface area (Å²) in [5.41, 5.74) is -0.0120. The average Bonchev–Trinajstić information content (AvgIpc) is 2.42. The number of carbonyl (C=O) groups excluding carboxylic acids is 1. The number of amides is 1. The molecule has 1 aromatic rings. The number of nitrogens with one attached hydrogen (secondary N) is 1. The minimum Gasteiger partial charge on any atom is -0.497 e. The zero-order valence-electron chi connectivity index (χ0n) is 12.4. The molecule has 0 radical (unpaired) electrons. The fourth-order valence-corrected chi connectivity index (χ4v) is 2.49. The van der Waals surface area contributed by atoms with E-state index in [9.17, 15) is 14.7 Å². The van der Waals surface area contributed by atoms with Crippen molar-refractivity contribution < 1.29 is 19.4 Å². The van der Waals surface area contributed by atoms with Crippen LogP contribution in [-0.2, 0) is 16.0 Å². The predicted octanol–water partition coefficient (Wildman–Crippen LogP) is 2.00. The zero-order chi connectivity index (χ0) is 15.5. The Labute approximate surface area is 124 Å². The number of carboxylic acid groups (broad SMARTS) is 1. The lowest BCUT2D eigenvalue weighted by Crippen LogP contribution is -2.60. The first-order valence-corrected chi connectivity index (χ1v) is 7.15. The smallest absolute Gasteiger partial charge is 0.329 e. The Balaban J connectivity index is 1.94. The molecule has 5 heteroatoms. The number of rotatable bonds is 6.